The number of hydrogen-bond acceptors (Lipinski definition) is 14. The van der Waals surface area contributed by atoms with Gasteiger partial charge >= 0.3 is 0 Å². The first-order chi connectivity index (χ1) is 37.2. The Hall–Kier alpha value is -6.52. The van der Waals surface area contributed by atoms with Crippen LogP contribution in [0.1, 0.15) is 56.2 Å². The maximum Gasteiger partial charge on any atom is 0.241 e. The number of carbonyl (C=O) groups is 1. The maximum absolute atomic E-state index is 12.0. The van der Waals surface area contributed by atoms with Gasteiger partial charge in [0.05, 0.1) is 90.8 Å². The molecule has 25 heteroatoms. The number of fused-ring (bicyclic) bond motifs is 4. The van der Waals surface area contributed by atoms with Crippen molar-refractivity contribution in [3.8, 4) is 6.07 Å². The van der Waals surface area contributed by atoms with Crippen LogP contribution in [0.15, 0.2) is 73.3 Å². The number of rotatable bonds is 7. The highest BCUT2D eigenvalue weighted by Crippen LogP contribution is 2.36. The van der Waals surface area contributed by atoms with Crippen LogP contribution in [0.2, 0.25) is 10.0 Å². The number of nitrogens with zero attached hydrogens (tertiary/aromatic N) is 11. The number of benzene rings is 4. The third-order valence-corrected chi connectivity index (χ3v) is 18.0. The number of nitriles is 1. The van der Waals surface area contributed by atoms with E-state index in [1.807, 2.05) is 68.5 Å². The fourth-order valence-corrected chi connectivity index (χ4v) is 13.5. The molecular formula is C53H65Cl2N15O6S2. The second-order valence-corrected chi connectivity index (χ2v) is 25.4. The molecule has 0 radical (unpaired) electrons. The van der Waals surface area contributed by atoms with Gasteiger partial charge in [0, 0.05) is 120 Å². The molecule has 8 aromatic rings. The van der Waals surface area contributed by atoms with Gasteiger partial charge in [0.2, 0.25) is 26.0 Å². The lowest BCUT2D eigenvalue weighted by molar-refractivity contribution is -0.129. The van der Waals surface area contributed by atoms with Crippen LogP contribution in [0.5, 0.6) is 0 Å². The summed E-state index contributed by atoms with van der Waals surface area (Å²) in [7, 11) is -4.48. The number of morpholine rings is 1. The molecule has 0 bridgehead atoms. The highest BCUT2D eigenvalue weighted by Gasteiger charge is 2.39. The first-order valence-corrected chi connectivity index (χ1v) is 30.2. The van der Waals surface area contributed by atoms with E-state index in [-0.39, 0.29) is 5.91 Å². The summed E-state index contributed by atoms with van der Waals surface area (Å²) in [4.78, 5) is 20.0. The smallest absolute Gasteiger partial charge is 0.241 e. The molecule has 4 fully saturated rings. The van der Waals surface area contributed by atoms with Crippen LogP contribution in [0.4, 0.5) is 17.1 Å². The van der Waals surface area contributed by atoms with E-state index in [1.54, 1.807) is 27.7 Å². The van der Waals surface area contributed by atoms with Crippen molar-refractivity contribution in [1.29, 1.82) is 5.26 Å². The molecule has 12 rings (SSSR count). The predicted molar refractivity (Wildman–Crippen MR) is 308 cm³/mol. The number of aryl methyl sites for hydroxylation is 1. The Morgan fingerprint density at radius 1 is 0.654 bits per heavy atom. The second-order valence-electron chi connectivity index (χ2n) is 20.7. The van der Waals surface area contributed by atoms with Gasteiger partial charge in [-0.2, -0.15) is 30.0 Å². The van der Waals surface area contributed by atoms with Crippen LogP contribution in [-0.4, -0.2) is 181 Å². The fraction of sp³-hybridized carbons (Fsp3) is 0.434. The van der Waals surface area contributed by atoms with Crippen LogP contribution in [0.25, 0.3) is 43.6 Å². The summed E-state index contributed by atoms with van der Waals surface area (Å²) in [5.74, 6) is 0.535. The van der Waals surface area contributed by atoms with Gasteiger partial charge in [-0.25, -0.2) is 21.1 Å². The van der Waals surface area contributed by atoms with Crippen LogP contribution >= 0.6 is 23.2 Å². The molecule has 4 aromatic heterocycles. The van der Waals surface area contributed by atoms with Crippen molar-refractivity contribution in [3.05, 3.63) is 100 Å². The minimum absolute atomic E-state index is 0.123. The normalized spacial score (nSPS) is 17.9. The third kappa shape index (κ3) is 12.7. The van der Waals surface area contributed by atoms with Crippen molar-refractivity contribution in [1.82, 2.24) is 54.3 Å². The van der Waals surface area contributed by atoms with E-state index in [2.05, 4.69) is 75.7 Å². The summed E-state index contributed by atoms with van der Waals surface area (Å²) in [5, 5.41) is 42.9. The topological polar surface area (TPSA) is 253 Å². The quantitative estimate of drug-likeness (QED) is 0.124. The lowest BCUT2D eigenvalue weighted by Crippen LogP contribution is -2.60. The number of anilines is 3. The standard InChI is InChI=1S/C15H19N5O2S.C15H21N3O2S.C12H13ClN4O.C11H12ClN3O/c1-15(2)10-19(4-5-20(15)23(3,21)22)14-7-11(8-16)6-13-12(14)9-17-18-13;1-3-11-8-13(14-10-16-17-15(14)9-11)12-4-6-18(7-5-12)21(2,19)20;1-16-2-3-17(7-12(16)18)11-5-8(13)4-10-9(11)6-14-15-10;12-8-5-10-9(7-13-14-10)11(6-8)15-1-3-16-4-2-15/h6-7,9H,4-5,10H2,1-3H3,(H,17,18);8-10,12H,3-7H2,1-2H3,(H,16,17);4-6H,2-3,7H2,1H3,(H,14,15);5-7H,1-4H2,(H,13,14). The Balaban J connectivity index is 0.000000127. The summed E-state index contributed by atoms with van der Waals surface area (Å²) >= 11 is 12.2. The van der Waals surface area contributed by atoms with E-state index in [1.165, 1.54) is 33.3 Å². The lowest BCUT2D eigenvalue weighted by Gasteiger charge is -2.46. The van der Waals surface area contributed by atoms with Gasteiger partial charge in [0.1, 0.15) is 0 Å². The van der Waals surface area contributed by atoms with Crippen LogP contribution in [0, 0.1) is 11.3 Å². The number of halogens is 2. The average molecular weight is 1140 g/mol. The molecule has 4 N–H and O–H groups in total. The molecule has 0 spiro atoms. The zero-order chi connectivity index (χ0) is 55.5. The Morgan fingerprint density at radius 2 is 1.17 bits per heavy atom. The molecule has 0 aliphatic carbocycles. The average Bonchev–Trinajstić information content (AvgIpc) is 4.29. The highest BCUT2D eigenvalue weighted by atomic mass is 35.5. The molecule has 8 heterocycles. The minimum atomic E-state index is -3.25. The zero-order valence-electron chi connectivity index (χ0n) is 44.6. The first kappa shape index (κ1) is 56.2. The Bertz CT molecular complexity index is 3710. The van der Waals surface area contributed by atoms with E-state index in [4.69, 9.17) is 27.9 Å². The van der Waals surface area contributed by atoms with E-state index in [9.17, 15) is 26.9 Å². The Morgan fingerprint density at radius 3 is 1.68 bits per heavy atom. The molecule has 78 heavy (non-hydrogen) atoms. The first-order valence-electron chi connectivity index (χ1n) is 25.8. The van der Waals surface area contributed by atoms with Gasteiger partial charge in [-0.15, -0.1) is 0 Å². The number of aromatic nitrogens is 8. The largest absolute Gasteiger partial charge is 0.378 e. The second kappa shape index (κ2) is 23.4. The number of sulfonamides is 2. The highest BCUT2D eigenvalue weighted by molar-refractivity contribution is 7.88. The Labute approximate surface area is 463 Å². The number of likely N-dealkylation sites (N-methyl/N-ethyl adjacent to an activating group) is 1. The van der Waals surface area contributed by atoms with Crippen molar-refractivity contribution in [2.75, 3.05) is 113 Å². The van der Waals surface area contributed by atoms with Gasteiger partial charge < -0.3 is 24.3 Å². The zero-order valence-corrected chi connectivity index (χ0v) is 47.7. The summed E-state index contributed by atoms with van der Waals surface area (Å²) < 4.78 is 55.6. The van der Waals surface area contributed by atoms with E-state index < -0.39 is 25.6 Å². The van der Waals surface area contributed by atoms with Crippen molar-refractivity contribution in [3.63, 3.8) is 0 Å². The molecular weight excluding hydrogens is 1080 g/mol. The number of aromatic amines is 4. The predicted octanol–water partition coefficient (Wildman–Crippen LogP) is 7.11. The van der Waals surface area contributed by atoms with Crippen LogP contribution in [0.3, 0.4) is 0 Å². The molecule has 21 nitrogen and oxygen atoms in total. The van der Waals surface area contributed by atoms with Crippen molar-refractivity contribution in [2.24, 2.45) is 0 Å². The van der Waals surface area contributed by atoms with Gasteiger partial charge in [-0.1, -0.05) is 36.2 Å². The molecule has 0 atom stereocenters. The molecule has 0 saturated carbocycles. The van der Waals surface area contributed by atoms with E-state index >= 15 is 0 Å². The molecule has 414 valence electrons. The summed E-state index contributed by atoms with van der Waals surface area (Å²) in [6.45, 7) is 14.0. The lowest BCUT2D eigenvalue weighted by atomic mass is 9.87. The molecule has 4 saturated heterocycles. The summed E-state index contributed by atoms with van der Waals surface area (Å²) in [6, 6.07) is 17.8. The number of piperidine rings is 1. The number of carbonyl (C=O) groups excluding carboxylic acids is 1. The molecule has 4 aromatic carbocycles. The van der Waals surface area contributed by atoms with Gasteiger partial charge in [0.15, 0.2) is 0 Å². The Kier molecular flexibility index (Phi) is 16.9. The van der Waals surface area contributed by atoms with Crippen molar-refractivity contribution >= 4 is 110 Å². The monoisotopic (exact) mass is 1140 g/mol. The SMILES string of the molecule is CC1(C)CN(c2cc(C#N)cc3[nH]ncc23)CCN1S(C)(=O)=O.CCc1cc(C2CCN(S(C)(=O)=O)CC2)c2cn[nH]c2c1.CN1CCN(c2cc(Cl)cc3[nH]ncc23)CC1=O.Clc1cc(N2CCOCC2)c2cn[nH]c2c1. The van der Waals surface area contributed by atoms with E-state index in [0.29, 0.717) is 55.8 Å². The number of ether oxygens (including phenoxy) is 1. The third-order valence-electron chi connectivity index (χ3n) is 14.8. The summed E-state index contributed by atoms with van der Waals surface area (Å²) in [5.41, 5.74) is 9.42. The molecule has 4 aliphatic heterocycles. The van der Waals surface area contributed by atoms with Crippen molar-refractivity contribution < 1.29 is 26.4 Å². The number of H-pyrrole nitrogens is 4. The molecule has 1 amide bonds. The maximum atomic E-state index is 12.0. The van der Waals surface area contributed by atoms with Crippen LogP contribution in [-0.2, 0) is 36.0 Å². The van der Waals surface area contributed by atoms with Crippen LogP contribution < -0.4 is 14.7 Å². The molecule has 0 unspecified atom stereocenters. The fourth-order valence-electron chi connectivity index (χ4n) is 10.8. The van der Waals surface area contributed by atoms with E-state index in [0.717, 1.165) is 119 Å². The summed E-state index contributed by atoms with van der Waals surface area (Å²) in [6.07, 6.45) is 12.5. The van der Waals surface area contributed by atoms with Gasteiger partial charge in [-0.05, 0) is 92.6 Å². The molecule has 4 aliphatic rings. The van der Waals surface area contributed by atoms with Gasteiger partial charge in [-0.3, -0.25) is 25.2 Å². The minimum Gasteiger partial charge on any atom is -0.378 e. The van der Waals surface area contributed by atoms with Crippen molar-refractivity contribution in [2.45, 2.75) is 51.5 Å². The van der Waals surface area contributed by atoms with Gasteiger partial charge in [0.25, 0.3) is 0 Å². The number of piperazine rings is 2. The number of hydrogen-bond donors (Lipinski definition) is 4. The number of amides is 1. The number of nitrogens with one attached hydrogen (secondary N) is 4.